The lowest BCUT2D eigenvalue weighted by Gasteiger charge is -2.03. The molecule has 0 amide bonds. The van der Waals surface area contributed by atoms with Crippen LogP contribution in [0.25, 0.3) is 10.8 Å². The minimum Gasteiger partial charge on any atom is -0.460 e. The van der Waals surface area contributed by atoms with Crippen molar-refractivity contribution in [3.05, 3.63) is 36.3 Å². The number of ketones is 2. The molecule has 0 spiro atoms. The van der Waals surface area contributed by atoms with Crippen molar-refractivity contribution in [2.24, 2.45) is 0 Å². The summed E-state index contributed by atoms with van der Waals surface area (Å²) in [6, 6.07) is 6.53. The molecule has 0 bridgehead atoms. The quantitative estimate of drug-likeness (QED) is 0.626. The van der Waals surface area contributed by atoms with Crippen LogP contribution in [0.3, 0.4) is 0 Å². The highest BCUT2D eigenvalue weighted by Gasteiger charge is 2.39. The van der Waals surface area contributed by atoms with Crippen LogP contribution in [-0.4, -0.2) is 17.7 Å². The molecule has 0 fully saturated rings. The van der Waals surface area contributed by atoms with Crippen LogP contribution >= 0.6 is 0 Å². The Balaban J connectivity index is 2.27. The van der Waals surface area contributed by atoms with Crippen LogP contribution in [0, 0.1) is 0 Å². The van der Waals surface area contributed by atoms with E-state index in [0.29, 0.717) is 10.8 Å². The number of rotatable bonds is 3. The summed E-state index contributed by atoms with van der Waals surface area (Å²) < 4.78 is 41.0. The fraction of sp³-hybridized carbons (Fsp3) is 0.167. The van der Waals surface area contributed by atoms with Crippen molar-refractivity contribution < 1.29 is 27.2 Å². The van der Waals surface area contributed by atoms with Gasteiger partial charge in [0.2, 0.25) is 11.6 Å². The van der Waals surface area contributed by atoms with E-state index >= 15 is 0 Å². The number of Topliss-reactive ketones (excluding diaryl/α,β-unsaturated/α-hetero) is 2. The van der Waals surface area contributed by atoms with Gasteiger partial charge in [-0.15, -0.1) is 0 Å². The summed E-state index contributed by atoms with van der Waals surface area (Å²) in [4.78, 5) is 22.3. The third kappa shape index (κ3) is 2.27. The first-order chi connectivity index (χ1) is 8.39. The fourth-order valence-corrected chi connectivity index (χ4v) is 1.53. The maximum absolute atomic E-state index is 12.0. The van der Waals surface area contributed by atoms with Gasteiger partial charge in [0.05, 0.1) is 12.7 Å². The van der Waals surface area contributed by atoms with Crippen molar-refractivity contribution in [3.63, 3.8) is 0 Å². The number of hydrogen-bond acceptors (Lipinski definition) is 3. The van der Waals surface area contributed by atoms with Crippen LogP contribution in [0.1, 0.15) is 17.0 Å². The van der Waals surface area contributed by atoms with Crippen molar-refractivity contribution in [1.82, 2.24) is 0 Å². The molecule has 2 rings (SSSR count). The zero-order valence-electron chi connectivity index (χ0n) is 8.95. The maximum Gasteiger partial charge on any atom is 0.450 e. The monoisotopic (exact) mass is 256 g/mol. The number of fused-ring (bicyclic) bond motifs is 1. The second-order valence-corrected chi connectivity index (χ2v) is 3.67. The second kappa shape index (κ2) is 4.29. The molecule has 18 heavy (non-hydrogen) atoms. The van der Waals surface area contributed by atoms with Crippen molar-refractivity contribution in [2.45, 2.75) is 12.6 Å². The van der Waals surface area contributed by atoms with E-state index in [-0.39, 0.29) is 5.76 Å². The lowest BCUT2D eigenvalue weighted by molar-refractivity contribution is -0.170. The second-order valence-electron chi connectivity index (χ2n) is 3.67. The largest absolute Gasteiger partial charge is 0.460 e. The molecule has 3 nitrogen and oxygen atoms in total. The minimum atomic E-state index is -5.00. The highest BCUT2D eigenvalue weighted by molar-refractivity contribution is 6.13. The van der Waals surface area contributed by atoms with Gasteiger partial charge in [0, 0.05) is 10.8 Å². The zero-order chi connectivity index (χ0) is 13.3. The summed E-state index contributed by atoms with van der Waals surface area (Å²) in [5.74, 6) is -3.27. The summed E-state index contributed by atoms with van der Waals surface area (Å²) in [5, 5.41) is 0.998. The van der Waals surface area contributed by atoms with Gasteiger partial charge in [-0.25, -0.2) is 0 Å². The van der Waals surface area contributed by atoms with Crippen LogP contribution < -0.4 is 0 Å². The zero-order valence-corrected chi connectivity index (χ0v) is 8.95. The van der Waals surface area contributed by atoms with Crippen molar-refractivity contribution in [2.75, 3.05) is 0 Å². The van der Waals surface area contributed by atoms with Gasteiger partial charge in [-0.2, -0.15) is 13.2 Å². The number of alkyl halides is 3. The molecule has 2 aromatic rings. The predicted molar refractivity (Wildman–Crippen MR) is 56.2 cm³/mol. The van der Waals surface area contributed by atoms with Gasteiger partial charge >= 0.3 is 6.18 Å². The normalized spacial score (nSPS) is 11.7. The Hall–Kier alpha value is -2.11. The van der Waals surface area contributed by atoms with E-state index in [9.17, 15) is 22.8 Å². The molecule has 0 saturated heterocycles. The minimum absolute atomic E-state index is 0.219. The Bertz CT molecular complexity index is 610. The van der Waals surface area contributed by atoms with Crippen molar-refractivity contribution in [1.29, 1.82) is 0 Å². The molecule has 0 aliphatic rings. The Morgan fingerprint density at radius 2 is 1.83 bits per heavy atom. The molecule has 1 aromatic heterocycles. The van der Waals surface area contributed by atoms with E-state index in [4.69, 9.17) is 4.42 Å². The van der Waals surface area contributed by atoms with E-state index in [0.717, 1.165) is 0 Å². The summed E-state index contributed by atoms with van der Waals surface area (Å²) in [6.45, 7) is 0. The van der Waals surface area contributed by atoms with Gasteiger partial charge in [0.1, 0.15) is 0 Å². The van der Waals surface area contributed by atoms with E-state index in [1.54, 1.807) is 24.3 Å². The smallest absolute Gasteiger partial charge is 0.450 e. The van der Waals surface area contributed by atoms with Gasteiger partial charge in [0.25, 0.3) is 0 Å². The lowest BCUT2D eigenvalue weighted by atomic mass is 10.1. The summed E-state index contributed by atoms with van der Waals surface area (Å²) in [5.41, 5.74) is 0. The van der Waals surface area contributed by atoms with Crippen LogP contribution in [0.15, 0.2) is 34.9 Å². The third-order valence-corrected chi connectivity index (χ3v) is 2.40. The highest BCUT2D eigenvalue weighted by Crippen LogP contribution is 2.24. The topological polar surface area (TPSA) is 47.3 Å². The first kappa shape index (κ1) is 12.3. The first-order valence-electron chi connectivity index (χ1n) is 4.99. The SMILES string of the molecule is O=C(CC(=O)C(F)(F)F)c1occ2ccccc12. The highest BCUT2D eigenvalue weighted by atomic mass is 19.4. The summed E-state index contributed by atoms with van der Waals surface area (Å²) >= 11 is 0. The standard InChI is InChI=1S/C12H7F3O3/c13-12(14,15)10(17)5-9(16)11-8-4-2-1-3-7(8)6-18-11/h1-4,6H,5H2. The Labute approximate surface area is 99.2 Å². The van der Waals surface area contributed by atoms with Gasteiger partial charge in [-0.1, -0.05) is 24.3 Å². The maximum atomic E-state index is 12.0. The van der Waals surface area contributed by atoms with Gasteiger partial charge in [-0.05, 0) is 0 Å². The number of benzene rings is 1. The van der Waals surface area contributed by atoms with Gasteiger partial charge < -0.3 is 4.42 Å². The van der Waals surface area contributed by atoms with Crippen LogP contribution in [0.2, 0.25) is 0 Å². The number of furan rings is 1. The molecule has 6 heteroatoms. The van der Waals surface area contributed by atoms with Gasteiger partial charge in [-0.3, -0.25) is 9.59 Å². The van der Waals surface area contributed by atoms with Crippen LogP contribution in [0.4, 0.5) is 13.2 Å². The Kier molecular flexibility index (Phi) is 2.94. The number of carbonyl (C=O) groups excluding carboxylic acids is 2. The molecular formula is C12H7F3O3. The molecule has 0 unspecified atom stereocenters. The van der Waals surface area contributed by atoms with E-state index in [1.807, 2.05) is 0 Å². The number of hydrogen-bond donors (Lipinski definition) is 0. The molecular weight excluding hydrogens is 249 g/mol. The lowest BCUT2D eigenvalue weighted by Crippen LogP contribution is -2.25. The van der Waals surface area contributed by atoms with E-state index in [2.05, 4.69) is 0 Å². The fourth-order valence-electron chi connectivity index (χ4n) is 1.53. The first-order valence-corrected chi connectivity index (χ1v) is 4.99. The number of halogens is 3. The van der Waals surface area contributed by atoms with Crippen LogP contribution in [0.5, 0.6) is 0 Å². The average Bonchev–Trinajstić information content (AvgIpc) is 2.71. The molecule has 0 aliphatic carbocycles. The molecule has 0 N–H and O–H groups in total. The van der Waals surface area contributed by atoms with Crippen molar-refractivity contribution in [3.8, 4) is 0 Å². The molecule has 1 aromatic carbocycles. The average molecular weight is 256 g/mol. The molecule has 0 radical (unpaired) electrons. The number of carbonyl (C=O) groups is 2. The van der Waals surface area contributed by atoms with Gasteiger partial charge in [0.15, 0.2) is 5.76 Å². The van der Waals surface area contributed by atoms with E-state index < -0.39 is 24.2 Å². The van der Waals surface area contributed by atoms with E-state index in [1.165, 1.54) is 6.26 Å². The Morgan fingerprint density at radius 3 is 2.50 bits per heavy atom. The third-order valence-electron chi connectivity index (χ3n) is 2.40. The van der Waals surface area contributed by atoms with Crippen LogP contribution in [-0.2, 0) is 4.79 Å². The Morgan fingerprint density at radius 1 is 1.17 bits per heavy atom. The molecule has 0 aliphatic heterocycles. The predicted octanol–water partition coefficient (Wildman–Crippen LogP) is 3.14. The van der Waals surface area contributed by atoms with Crippen molar-refractivity contribution >= 4 is 22.3 Å². The molecule has 0 saturated carbocycles. The summed E-state index contributed by atoms with van der Waals surface area (Å²) in [6.07, 6.45) is -4.97. The molecule has 94 valence electrons. The molecule has 0 atom stereocenters. The molecule has 1 heterocycles. The summed E-state index contributed by atoms with van der Waals surface area (Å²) in [7, 11) is 0.